The number of methoxy groups -OCH3 is 1. The average molecular weight is 735 g/mol. The number of esters is 1. The number of aliphatic hydroxyl groups excluding tert-OH is 3. The van der Waals surface area contributed by atoms with E-state index in [1.807, 2.05) is 39.8 Å². The molecule has 0 aliphatic carbocycles. The molecule has 3 aliphatic rings. The average Bonchev–Trinajstić information content (AvgIpc) is 3.05. The first kappa shape index (κ1) is 44.4. The normalized spacial score (nSPS) is 49.9. The van der Waals surface area contributed by atoms with Crippen molar-refractivity contribution in [2.24, 2.45) is 17.8 Å². The lowest BCUT2D eigenvalue weighted by molar-refractivity contribution is -0.317. The first-order valence-electron chi connectivity index (χ1n) is 18.8. The number of carbonyl (C=O) groups is 1. The van der Waals surface area contributed by atoms with Gasteiger partial charge in [0.05, 0.1) is 47.6 Å². The van der Waals surface area contributed by atoms with E-state index in [9.17, 15) is 30.3 Å². The van der Waals surface area contributed by atoms with Crippen LogP contribution in [-0.2, 0) is 33.2 Å². The van der Waals surface area contributed by atoms with Crippen LogP contribution in [0.15, 0.2) is 0 Å². The van der Waals surface area contributed by atoms with Crippen molar-refractivity contribution in [1.29, 1.82) is 0 Å². The van der Waals surface area contributed by atoms with E-state index in [0.29, 0.717) is 13.0 Å². The third-order valence-corrected chi connectivity index (χ3v) is 11.7. The number of hydrogen-bond donors (Lipinski definition) is 6. The minimum Gasteiger partial charge on any atom is -0.459 e. The van der Waals surface area contributed by atoms with Crippen molar-refractivity contribution in [3.8, 4) is 0 Å². The molecule has 3 aliphatic heterocycles. The molecule has 3 saturated heterocycles. The number of carbonyl (C=O) groups excluding carboxylic acids is 1. The monoisotopic (exact) mass is 734 g/mol. The summed E-state index contributed by atoms with van der Waals surface area (Å²) in [6.07, 6.45) is -8.23. The molecule has 14 nitrogen and oxygen atoms in total. The standard InChI is InChI=1S/C37H70N2O12/c1-14-26-37(10,45)30(41)19(2)18-38-20(3)16-35(8,44)32(51-34-28(40)25(39(11)12)15-21(4)47-34)22(5)29(23(6)33(43)49-26)50-27-17-36(9,46-13)31(42)24(7)48-27/h19-32,34,38,40-42,44-45H,14-18H2,1-13H3/t19-,20+,21+,22-,23+,24-,25-,26+,27-,28+,29-,30+,31-,32+,34-,35+,36+,37+/m0/s1. The second-order valence-electron chi connectivity index (χ2n) is 16.7. The molecular weight excluding hydrogens is 664 g/mol. The Bertz CT molecular complexity index is 1110. The van der Waals surface area contributed by atoms with Gasteiger partial charge in [-0.15, -0.1) is 0 Å². The number of nitrogens with one attached hydrogen (secondary N) is 1. The van der Waals surface area contributed by atoms with E-state index in [2.05, 4.69) is 5.32 Å². The Morgan fingerprint density at radius 2 is 1.57 bits per heavy atom. The quantitative estimate of drug-likeness (QED) is 0.207. The van der Waals surface area contributed by atoms with Gasteiger partial charge in [0.2, 0.25) is 0 Å². The summed E-state index contributed by atoms with van der Waals surface area (Å²) in [5.41, 5.74) is -4.38. The largest absolute Gasteiger partial charge is 0.459 e. The molecule has 0 spiro atoms. The number of nitrogens with zero attached hydrogens (tertiary/aromatic N) is 1. The molecule has 18 atom stereocenters. The summed E-state index contributed by atoms with van der Waals surface area (Å²) in [6.45, 7) is 17.7. The molecule has 0 aromatic carbocycles. The molecule has 0 radical (unpaired) electrons. The van der Waals surface area contributed by atoms with Crippen molar-refractivity contribution >= 4 is 5.97 Å². The van der Waals surface area contributed by atoms with E-state index < -0.39 is 95.8 Å². The third kappa shape index (κ3) is 10.2. The zero-order valence-corrected chi connectivity index (χ0v) is 33.2. The van der Waals surface area contributed by atoms with Gasteiger partial charge in [-0.25, -0.2) is 0 Å². The van der Waals surface area contributed by atoms with E-state index in [4.69, 9.17) is 28.4 Å². The minimum atomic E-state index is -1.78. The number of cyclic esters (lactones) is 1. The Morgan fingerprint density at radius 1 is 0.941 bits per heavy atom. The molecule has 0 bridgehead atoms. The number of rotatable bonds is 7. The van der Waals surface area contributed by atoms with Crippen molar-refractivity contribution in [2.75, 3.05) is 27.7 Å². The Labute approximate surface area is 305 Å². The minimum absolute atomic E-state index is 0.131. The molecule has 3 rings (SSSR count). The first-order valence-corrected chi connectivity index (χ1v) is 18.8. The molecule has 0 aromatic rings. The highest BCUT2D eigenvalue weighted by Crippen LogP contribution is 2.39. The van der Waals surface area contributed by atoms with Gasteiger partial charge in [-0.05, 0) is 87.7 Å². The SMILES string of the molecule is CC[C@H]1OC(=O)[C@H](C)[C@@H](O[C@H]2C[C@@](C)(OC)[C@@H](O)[C@H](C)O2)[C@H](C)[C@@H](O[C@@H]2O[C@H](C)C[C@H](N(C)C)[C@H]2O)[C@](C)(O)C[C@@H](C)NC[C@H](C)[C@@H](O)[C@]1(C)O. The molecule has 51 heavy (non-hydrogen) atoms. The van der Waals surface area contributed by atoms with Gasteiger partial charge in [0.15, 0.2) is 12.6 Å². The molecule has 0 saturated carbocycles. The second kappa shape index (κ2) is 17.6. The van der Waals surface area contributed by atoms with Gasteiger partial charge in [0.1, 0.15) is 23.9 Å². The molecule has 14 heteroatoms. The first-order chi connectivity index (χ1) is 23.5. The van der Waals surface area contributed by atoms with Crippen LogP contribution in [0.1, 0.15) is 94.9 Å². The third-order valence-electron chi connectivity index (χ3n) is 11.7. The lowest BCUT2D eigenvalue weighted by Gasteiger charge is -2.48. The maximum absolute atomic E-state index is 14.1. The molecule has 3 fully saturated rings. The Kier molecular flexibility index (Phi) is 15.3. The molecule has 6 N–H and O–H groups in total. The number of likely N-dealkylation sites (N-methyl/N-ethyl adjacent to an activating group) is 1. The summed E-state index contributed by atoms with van der Waals surface area (Å²) < 4.78 is 37.4. The maximum Gasteiger partial charge on any atom is 0.311 e. The summed E-state index contributed by atoms with van der Waals surface area (Å²) in [5.74, 6) is -2.90. The van der Waals surface area contributed by atoms with E-state index in [-0.39, 0.29) is 37.5 Å². The summed E-state index contributed by atoms with van der Waals surface area (Å²) >= 11 is 0. The van der Waals surface area contributed by atoms with Gasteiger partial charge in [0.25, 0.3) is 0 Å². The predicted octanol–water partition coefficient (Wildman–Crippen LogP) is 1.56. The van der Waals surface area contributed by atoms with Crippen molar-refractivity contribution in [2.45, 2.75) is 185 Å². The van der Waals surface area contributed by atoms with Gasteiger partial charge >= 0.3 is 5.97 Å². The van der Waals surface area contributed by atoms with Crippen LogP contribution < -0.4 is 5.32 Å². The van der Waals surface area contributed by atoms with Crippen LogP contribution in [-0.4, -0.2) is 154 Å². The van der Waals surface area contributed by atoms with Gasteiger partial charge in [-0.3, -0.25) is 4.79 Å². The van der Waals surface area contributed by atoms with Crippen LogP contribution in [0.5, 0.6) is 0 Å². The fourth-order valence-corrected chi connectivity index (χ4v) is 8.35. The van der Waals surface area contributed by atoms with Crippen molar-refractivity contribution in [1.82, 2.24) is 10.2 Å². The van der Waals surface area contributed by atoms with E-state index in [1.165, 1.54) is 14.0 Å². The molecule has 0 aromatic heterocycles. The maximum atomic E-state index is 14.1. The van der Waals surface area contributed by atoms with E-state index in [0.717, 1.165) is 0 Å². The number of aliphatic hydroxyl groups is 5. The lowest BCUT2D eigenvalue weighted by atomic mass is 9.78. The van der Waals surface area contributed by atoms with Crippen LogP contribution in [0.4, 0.5) is 0 Å². The summed E-state index contributed by atoms with van der Waals surface area (Å²) in [6, 6.07) is -0.568. The molecular formula is C37H70N2O12. The van der Waals surface area contributed by atoms with Crippen LogP contribution >= 0.6 is 0 Å². The molecule has 3 heterocycles. The zero-order valence-electron chi connectivity index (χ0n) is 33.2. The molecule has 0 amide bonds. The van der Waals surface area contributed by atoms with Gasteiger partial charge in [-0.1, -0.05) is 20.8 Å². The van der Waals surface area contributed by atoms with Crippen LogP contribution in [0.3, 0.4) is 0 Å². The van der Waals surface area contributed by atoms with E-state index >= 15 is 0 Å². The number of hydrogen-bond acceptors (Lipinski definition) is 14. The van der Waals surface area contributed by atoms with Crippen molar-refractivity contribution < 1.29 is 58.7 Å². The summed E-state index contributed by atoms with van der Waals surface area (Å²) in [5, 5.41) is 61.1. The Morgan fingerprint density at radius 3 is 2.14 bits per heavy atom. The Hall–Kier alpha value is -1.01. The van der Waals surface area contributed by atoms with Crippen LogP contribution in [0.25, 0.3) is 0 Å². The summed E-state index contributed by atoms with van der Waals surface area (Å²) in [7, 11) is 5.26. The second-order valence-corrected chi connectivity index (χ2v) is 16.7. The smallest absolute Gasteiger partial charge is 0.311 e. The highest BCUT2D eigenvalue weighted by Gasteiger charge is 2.52. The fourth-order valence-electron chi connectivity index (χ4n) is 8.35. The highest BCUT2D eigenvalue weighted by molar-refractivity contribution is 5.73. The molecule has 0 unspecified atom stereocenters. The highest BCUT2D eigenvalue weighted by atomic mass is 16.7. The van der Waals surface area contributed by atoms with Crippen molar-refractivity contribution in [3.05, 3.63) is 0 Å². The van der Waals surface area contributed by atoms with Gasteiger partial charge in [0, 0.05) is 38.1 Å². The number of ether oxygens (including phenoxy) is 6. The van der Waals surface area contributed by atoms with Crippen LogP contribution in [0, 0.1) is 17.8 Å². The van der Waals surface area contributed by atoms with Gasteiger partial charge < -0.3 is 64.2 Å². The van der Waals surface area contributed by atoms with Gasteiger partial charge in [-0.2, -0.15) is 0 Å². The zero-order chi connectivity index (χ0) is 38.8. The predicted molar refractivity (Wildman–Crippen MR) is 190 cm³/mol. The van der Waals surface area contributed by atoms with Crippen molar-refractivity contribution in [3.63, 3.8) is 0 Å². The summed E-state index contributed by atoms with van der Waals surface area (Å²) in [4.78, 5) is 16.1. The topological polar surface area (TPSA) is 189 Å². The van der Waals surface area contributed by atoms with Crippen LogP contribution in [0.2, 0.25) is 0 Å². The molecule has 300 valence electrons. The lowest BCUT2D eigenvalue weighted by Crippen LogP contribution is -2.60. The fraction of sp³-hybridized carbons (Fsp3) is 0.973. The van der Waals surface area contributed by atoms with E-state index in [1.54, 1.807) is 41.5 Å². The Balaban J connectivity index is 2.15.